The average molecular weight is 525 g/mol. The summed E-state index contributed by atoms with van der Waals surface area (Å²) >= 11 is 0. The zero-order valence-electron chi connectivity index (χ0n) is 23.8. The van der Waals surface area contributed by atoms with Crippen molar-refractivity contribution in [1.82, 2.24) is 19.4 Å². The second-order valence-electron chi connectivity index (χ2n) is 10.8. The molecule has 2 atom stereocenters. The van der Waals surface area contributed by atoms with Gasteiger partial charge in [0.2, 0.25) is 0 Å². The van der Waals surface area contributed by atoms with Crippen molar-refractivity contribution in [3.63, 3.8) is 0 Å². The van der Waals surface area contributed by atoms with E-state index in [1.807, 2.05) is 38.4 Å². The second-order valence-corrected chi connectivity index (χ2v) is 10.8. The van der Waals surface area contributed by atoms with Crippen molar-refractivity contribution >= 4 is 34.0 Å². The topological polar surface area (TPSA) is 56.6 Å². The molecule has 7 heteroatoms. The van der Waals surface area contributed by atoms with Crippen molar-refractivity contribution in [2.45, 2.75) is 39.3 Å². The zero-order chi connectivity index (χ0) is 27.5. The first-order valence-corrected chi connectivity index (χ1v) is 14.0. The van der Waals surface area contributed by atoms with Crippen LogP contribution in [0.4, 0.5) is 17.2 Å². The SMILES string of the molecule is CCN1C(C)CN(CCc2ccc(C(=O)Nc3cc(N(C)c4ccc5c(ccn5C)c4)ccn3)cc2)CC1C. The lowest BCUT2D eigenvalue weighted by molar-refractivity contribution is 0.0439. The van der Waals surface area contributed by atoms with Crippen LogP contribution in [0, 0.1) is 0 Å². The molecule has 4 aromatic rings. The molecule has 1 saturated heterocycles. The van der Waals surface area contributed by atoms with E-state index in [9.17, 15) is 4.79 Å². The van der Waals surface area contributed by atoms with Gasteiger partial charge in [0.15, 0.2) is 0 Å². The van der Waals surface area contributed by atoms with Gasteiger partial charge in [-0.25, -0.2) is 4.98 Å². The summed E-state index contributed by atoms with van der Waals surface area (Å²) in [6, 6.07) is 21.5. The number of benzene rings is 2. The molecule has 204 valence electrons. The Balaban J connectivity index is 1.18. The molecular formula is C32H40N6O. The van der Waals surface area contributed by atoms with Crippen LogP contribution in [-0.2, 0) is 13.5 Å². The average Bonchev–Trinajstić information content (AvgIpc) is 3.31. The lowest BCUT2D eigenvalue weighted by Gasteiger charge is -2.44. The van der Waals surface area contributed by atoms with Gasteiger partial charge in [-0.15, -0.1) is 0 Å². The van der Waals surface area contributed by atoms with Crippen LogP contribution in [0.15, 0.2) is 73.1 Å². The number of nitrogens with zero attached hydrogens (tertiary/aromatic N) is 5. The Morgan fingerprint density at radius 3 is 2.44 bits per heavy atom. The van der Waals surface area contributed by atoms with E-state index in [1.165, 1.54) is 16.5 Å². The van der Waals surface area contributed by atoms with Crippen LogP contribution in [0.1, 0.15) is 36.7 Å². The summed E-state index contributed by atoms with van der Waals surface area (Å²) in [7, 11) is 4.07. The lowest BCUT2D eigenvalue weighted by atomic mass is 10.1. The molecule has 1 N–H and O–H groups in total. The van der Waals surface area contributed by atoms with Gasteiger partial charge in [0.1, 0.15) is 5.82 Å². The number of piperazine rings is 1. The lowest BCUT2D eigenvalue weighted by Crippen LogP contribution is -2.56. The Kier molecular flexibility index (Phi) is 8.00. The third kappa shape index (κ3) is 6.00. The predicted molar refractivity (Wildman–Crippen MR) is 161 cm³/mol. The van der Waals surface area contributed by atoms with Crippen LogP contribution in [0.2, 0.25) is 0 Å². The van der Waals surface area contributed by atoms with Gasteiger partial charge in [-0.3, -0.25) is 14.6 Å². The van der Waals surface area contributed by atoms with E-state index in [2.05, 4.69) is 92.9 Å². The molecule has 1 amide bonds. The Bertz CT molecular complexity index is 1420. The monoisotopic (exact) mass is 524 g/mol. The zero-order valence-corrected chi connectivity index (χ0v) is 23.8. The smallest absolute Gasteiger partial charge is 0.256 e. The van der Waals surface area contributed by atoms with Gasteiger partial charge in [0.25, 0.3) is 5.91 Å². The fourth-order valence-electron chi connectivity index (χ4n) is 5.89. The standard InChI is InChI=1S/C32H40N6O/c1-6-38-23(2)21-37(22-24(38)3)18-14-25-7-9-26(10-8-25)32(39)34-31-20-29(13-16-33-31)36(5)28-11-12-30-27(19-28)15-17-35(30)4/h7-13,15-17,19-20,23-24H,6,14,18,21-22H2,1-5H3,(H,33,34,39). The fourth-order valence-corrected chi connectivity index (χ4v) is 5.89. The van der Waals surface area contributed by atoms with Crippen molar-refractivity contribution in [3.8, 4) is 0 Å². The van der Waals surface area contributed by atoms with Crippen LogP contribution >= 0.6 is 0 Å². The van der Waals surface area contributed by atoms with Crippen molar-refractivity contribution in [1.29, 1.82) is 0 Å². The Hall–Kier alpha value is -3.68. The molecule has 0 spiro atoms. The normalized spacial score (nSPS) is 18.4. The first-order chi connectivity index (χ1) is 18.8. The number of likely N-dealkylation sites (N-methyl/N-ethyl adjacent to an activating group) is 1. The van der Waals surface area contributed by atoms with Gasteiger partial charge in [0.05, 0.1) is 0 Å². The number of carbonyl (C=O) groups is 1. The third-order valence-corrected chi connectivity index (χ3v) is 8.10. The van der Waals surface area contributed by atoms with Gasteiger partial charge in [-0.1, -0.05) is 19.1 Å². The molecule has 2 unspecified atom stereocenters. The number of aryl methyl sites for hydroxylation is 1. The number of hydrogen-bond acceptors (Lipinski definition) is 5. The highest BCUT2D eigenvalue weighted by Gasteiger charge is 2.27. The molecule has 0 aliphatic carbocycles. The quantitative estimate of drug-likeness (QED) is 0.328. The number of carbonyl (C=O) groups excluding carboxylic acids is 1. The summed E-state index contributed by atoms with van der Waals surface area (Å²) in [5, 5.41) is 4.16. The van der Waals surface area contributed by atoms with E-state index >= 15 is 0 Å². The van der Waals surface area contributed by atoms with Gasteiger partial charge < -0.3 is 14.8 Å². The maximum Gasteiger partial charge on any atom is 0.256 e. The molecule has 0 saturated carbocycles. The number of fused-ring (bicyclic) bond motifs is 1. The first kappa shape index (κ1) is 26.9. The summed E-state index contributed by atoms with van der Waals surface area (Å²) < 4.78 is 2.11. The number of amides is 1. The Morgan fingerprint density at radius 2 is 1.72 bits per heavy atom. The number of nitrogens with one attached hydrogen (secondary N) is 1. The Morgan fingerprint density at radius 1 is 1.00 bits per heavy atom. The van der Waals surface area contributed by atoms with Crippen molar-refractivity contribution in [2.75, 3.05) is 43.4 Å². The van der Waals surface area contributed by atoms with Gasteiger partial charge in [0, 0.05) is 92.1 Å². The van der Waals surface area contributed by atoms with E-state index in [0.717, 1.165) is 44.0 Å². The minimum absolute atomic E-state index is 0.155. The first-order valence-electron chi connectivity index (χ1n) is 14.0. The van der Waals surface area contributed by atoms with E-state index in [-0.39, 0.29) is 5.91 Å². The largest absolute Gasteiger partial charge is 0.351 e. The van der Waals surface area contributed by atoms with Crippen LogP contribution in [0.3, 0.4) is 0 Å². The highest BCUT2D eigenvalue weighted by atomic mass is 16.1. The summed E-state index contributed by atoms with van der Waals surface area (Å²) in [4.78, 5) is 24.6. The molecule has 2 aromatic carbocycles. The molecule has 1 fully saturated rings. The summed E-state index contributed by atoms with van der Waals surface area (Å²) in [6.45, 7) is 11.3. The van der Waals surface area contributed by atoms with E-state index in [0.29, 0.717) is 23.5 Å². The van der Waals surface area contributed by atoms with Gasteiger partial charge >= 0.3 is 0 Å². The number of rotatable bonds is 8. The molecule has 39 heavy (non-hydrogen) atoms. The Labute approximate surface area is 232 Å². The molecule has 2 aromatic heterocycles. The minimum atomic E-state index is -0.155. The molecule has 1 aliphatic rings. The molecular weight excluding hydrogens is 484 g/mol. The van der Waals surface area contributed by atoms with Crippen LogP contribution in [0.5, 0.6) is 0 Å². The summed E-state index contributed by atoms with van der Waals surface area (Å²) in [5.74, 6) is 0.376. The molecule has 1 aliphatic heterocycles. The van der Waals surface area contributed by atoms with Crippen molar-refractivity contribution < 1.29 is 4.79 Å². The second kappa shape index (κ2) is 11.6. The summed E-state index contributed by atoms with van der Waals surface area (Å²) in [5.41, 5.74) is 5.10. The van der Waals surface area contributed by atoms with Crippen molar-refractivity contribution in [2.24, 2.45) is 7.05 Å². The summed E-state index contributed by atoms with van der Waals surface area (Å²) in [6.07, 6.45) is 4.78. The molecule has 7 nitrogen and oxygen atoms in total. The molecule has 5 rings (SSSR count). The minimum Gasteiger partial charge on any atom is -0.351 e. The van der Waals surface area contributed by atoms with Crippen LogP contribution in [0.25, 0.3) is 10.9 Å². The molecule has 0 radical (unpaired) electrons. The van der Waals surface area contributed by atoms with Gasteiger partial charge in [-0.2, -0.15) is 0 Å². The number of anilines is 3. The number of hydrogen-bond donors (Lipinski definition) is 1. The van der Waals surface area contributed by atoms with E-state index in [4.69, 9.17) is 0 Å². The van der Waals surface area contributed by atoms with E-state index < -0.39 is 0 Å². The predicted octanol–water partition coefficient (Wildman–Crippen LogP) is 5.55. The van der Waals surface area contributed by atoms with Crippen LogP contribution in [-0.4, -0.2) is 70.6 Å². The highest BCUT2D eigenvalue weighted by Crippen LogP contribution is 2.28. The molecule has 0 bridgehead atoms. The number of pyridine rings is 1. The van der Waals surface area contributed by atoms with Gasteiger partial charge in [-0.05, 0) is 74.8 Å². The third-order valence-electron chi connectivity index (χ3n) is 8.10. The maximum atomic E-state index is 13.0. The van der Waals surface area contributed by atoms with Crippen LogP contribution < -0.4 is 10.2 Å². The van der Waals surface area contributed by atoms with E-state index in [1.54, 1.807) is 6.20 Å². The fraction of sp³-hybridized carbons (Fsp3) is 0.375. The highest BCUT2D eigenvalue weighted by molar-refractivity contribution is 6.04. The number of aromatic nitrogens is 2. The van der Waals surface area contributed by atoms with Crippen molar-refractivity contribution in [3.05, 3.63) is 84.2 Å². The maximum absolute atomic E-state index is 13.0. The molecule has 3 heterocycles.